The molecule has 0 saturated carbocycles. The molecule has 3 rings (SSSR count). The Labute approximate surface area is 127 Å². The van der Waals surface area contributed by atoms with E-state index in [4.69, 9.17) is 4.74 Å². The third kappa shape index (κ3) is 2.69. The molecule has 0 aromatic carbocycles. The van der Waals surface area contributed by atoms with Gasteiger partial charge in [0.25, 0.3) is 5.91 Å². The molecule has 2 aromatic heterocycles. The van der Waals surface area contributed by atoms with E-state index < -0.39 is 5.69 Å². The molecule has 1 amide bonds. The molecule has 1 N–H and O–H groups in total. The van der Waals surface area contributed by atoms with Crippen LogP contribution in [-0.4, -0.2) is 39.4 Å². The minimum atomic E-state index is -0.400. The van der Waals surface area contributed by atoms with Gasteiger partial charge in [0, 0.05) is 30.7 Å². The number of pyridine rings is 1. The van der Waals surface area contributed by atoms with Crippen LogP contribution in [0.25, 0.3) is 0 Å². The Morgan fingerprint density at radius 3 is 2.91 bits per heavy atom. The van der Waals surface area contributed by atoms with Gasteiger partial charge in [-0.1, -0.05) is 0 Å². The molecule has 2 aromatic rings. The third-order valence-corrected chi connectivity index (χ3v) is 3.76. The maximum absolute atomic E-state index is 12.7. The van der Waals surface area contributed by atoms with Crippen LogP contribution < -0.4 is 10.4 Å². The Hall–Kier alpha value is -2.70. The quantitative estimate of drug-likeness (QED) is 0.918. The molecule has 114 valence electrons. The summed E-state index contributed by atoms with van der Waals surface area (Å²) in [6.07, 6.45) is 4.68. The Morgan fingerprint density at radius 2 is 2.23 bits per heavy atom. The number of amides is 1. The number of methoxy groups -OCH3 is 1. The topological polar surface area (TPSA) is 88.2 Å². The molecule has 1 fully saturated rings. The first-order valence-corrected chi connectivity index (χ1v) is 7.05. The zero-order valence-electron chi connectivity index (χ0n) is 12.2. The van der Waals surface area contributed by atoms with Gasteiger partial charge in [-0.25, -0.2) is 14.8 Å². The highest BCUT2D eigenvalue weighted by Crippen LogP contribution is 2.31. The predicted octanol–water partition coefficient (Wildman–Crippen LogP) is 1.15. The second-order valence-corrected chi connectivity index (χ2v) is 5.08. The van der Waals surface area contributed by atoms with Crippen LogP contribution in [0.1, 0.15) is 34.9 Å². The molecule has 7 heteroatoms. The number of aromatic amines is 1. The molecule has 0 unspecified atom stereocenters. The molecule has 22 heavy (non-hydrogen) atoms. The van der Waals surface area contributed by atoms with Gasteiger partial charge >= 0.3 is 5.69 Å². The number of hydrogen-bond acceptors (Lipinski definition) is 5. The van der Waals surface area contributed by atoms with Crippen molar-refractivity contribution in [2.45, 2.75) is 18.9 Å². The van der Waals surface area contributed by atoms with E-state index in [0.29, 0.717) is 23.7 Å². The average Bonchev–Trinajstić information content (AvgIpc) is 3.04. The van der Waals surface area contributed by atoms with Crippen LogP contribution in [0.15, 0.2) is 35.4 Å². The van der Waals surface area contributed by atoms with Gasteiger partial charge in [0.2, 0.25) is 5.88 Å². The first-order chi connectivity index (χ1) is 10.7. The normalized spacial score (nSPS) is 17.5. The number of carbonyl (C=O) groups is 1. The molecule has 7 nitrogen and oxygen atoms in total. The number of hydrogen-bond donors (Lipinski definition) is 1. The lowest BCUT2D eigenvalue weighted by atomic mass is 10.1. The lowest BCUT2D eigenvalue weighted by Gasteiger charge is -2.24. The van der Waals surface area contributed by atoms with E-state index in [1.165, 1.54) is 19.5 Å². The largest absolute Gasteiger partial charge is 0.481 e. The number of rotatable bonds is 3. The summed E-state index contributed by atoms with van der Waals surface area (Å²) in [4.78, 5) is 36.2. The summed E-state index contributed by atoms with van der Waals surface area (Å²) >= 11 is 0. The van der Waals surface area contributed by atoms with Crippen molar-refractivity contribution in [1.82, 2.24) is 19.9 Å². The maximum Gasteiger partial charge on any atom is 0.345 e. The first-order valence-electron chi connectivity index (χ1n) is 7.05. The number of ether oxygens (including phenoxy) is 1. The summed E-state index contributed by atoms with van der Waals surface area (Å²) in [5.74, 6) is 0.364. The highest BCUT2D eigenvalue weighted by molar-refractivity contribution is 5.94. The van der Waals surface area contributed by atoms with Gasteiger partial charge in [-0.15, -0.1) is 0 Å². The second kappa shape index (κ2) is 5.97. The van der Waals surface area contributed by atoms with Crippen molar-refractivity contribution in [2.75, 3.05) is 13.7 Å². The molecule has 0 bridgehead atoms. The monoisotopic (exact) mass is 300 g/mol. The molecular formula is C15H16N4O3. The molecule has 0 spiro atoms. The zero-order chi connectivity index (χ0) is 15.5. The average molecular weight is 300 g/mol. The number of carbonyl (C=O) groups excluding carboxylic acids is 1. The van der Waals surface area contributed by atoms with E-state index in [1.54, 1.807) is 23.1 Å². The SMILES string of the molecule is COc1ccc(C(=O)N2CCC[C@H]2c2ccnc(=O)[nH]2)cn1. The lowest BCUT2D eigenvalue weighted by molar-refractivity contribution is 0.0732. The number of aromatic nitrogens is 3. The van der Waals surface area contributed by atoms with E-state index in [-0.39, 0.29) is 11.9 Å². The number of nitrogens with zero attached hydrogens (tertiary/aromatic N) is 3. The van der Waals surface area contributed by atoms with Crippen molar-refractivity contribution >= 4 is 5.91 Å². The van der Waals surface area contributed by atoms with Gasteiger partial charge in [0.1, 0.15) is 0 Å². The standard InChI is InChI=1S/C15H16N4O3/c1-22-13-5-4-10(9-17-13)14(20)19-8-2-3-12(19)11-6-7-16-15(21)18-11/h4-7,9,12H,2-3,8H2,1H3,(H,16,18,21)/t12-/m0/s1. The number of nitrogens with one attached hydrogen (secondary N) is 1. The van der Waals surface area contributed by atoms with Gasteiger partial charge in [-0.05, 0) is 25.0 Å². The van der Waals surface area contributed by atoms with Gasteiger partial charge < -0.3 is 14.6 Å². The Bertz CT molecular complexity index is 726. The molecule has 3 heterocycles. The summed E-state index contributed by atoms with van der Waals surface area (Å²) in [6.45, 7) is 0.653. The molecule has 1 saturated heterocycles. The highest BCUT2D eigenvalue weighted by Gasteiger charge is 2.31. The Morgan fingerprint density at radius 1 is 1.36 bits per heavy atom. The maximum atomic E-state index is 12.7. The third-order valence-electron chi connectivity index (χ3n) is 3.76. The van der Waals surface area contributed by atoms with Crippen molar-refractivity contribution in [1.29, 1.82) is 0 Å². The molecule has 1 aliphatic rings. The number of likely N-dealkylation sites (tertiary alicyclic amines) is 1. The van der Waals surface area contributed by atoms with Crippen LogP contribution in [0.5, 0.6) is 5.88 Å². The zero-order valence-corrected chi connectivity index (χ0v) is 12.2. The summed E-state index contributed by atoms with van der Waals surface area (Å²) < 4.78 is 5.00. The minimum Gasteiger partial charge on any atom is -0.481 e. The van der Waals surface area contributed by atoms with Crippen LogP contribution in [-0.2, 0) is 0 Å². The van der Waals surface area contributed by atoms with Crippen LogP contribution in [0.4, 0.5) is 0 Å². The van der Waals surface area contributed by atoms with Crippen molar-refractivity contribution in [3.05, 3.63) is 52.3 Å². The smallest absolute Gasteiger partial charge is 0.345 e. The van der Waals surface area contributed by atoms with Gasteiger partial charge in [0.15, 0.2) is 0 Å². The second-order valence-electron chi connectivity index (χ2n) is 5.08. The molecule has 1 atom stereocenters. The molecule has 0 radical (unpaired) electrons. The highest BCUT2D eigenvalue weighted by atomic mass is 16.5. The minimum absolute atomic E-state index is 0.102. The van der Waals surface area contributed by atoms with Crippen molar-refractivity contribution in [2.24, 2.45) is 0 Å². The van der Waals surface area contributed by atoms with E-state index in [2.05, 4.69) is 15.0 Å². The number of H-pyrrole nitrogens is 1. The van der Waals surface area contributed by atoms with Crippen molar-refractivity contribution < 1.29 is 9.53 Å². The van der Waals surface area contributed by atoms with E-state index >= 15 is 0 Å². The summed E-state index contributed by atoms with van der Waals surface area (Å²) in [7, 11) is 1.53. The molecule has 0 aliphatic carbocycles. The van der Waals surface area contributed by atoms with Crippen LogP contribution in [0, 0.1) is 0 Å². The summed E-state index contributed by atoms with van der Waals surface area (Å²) in [5.41, 5.74) is 0.819. The van der Waals surface area contributed by atoms with E-state index in [0.717, 1.165) is 12.8 Å². The summed E-state index contributed by atoms with van der Waals surface area (Å²) in [5, 5.41) is 0. The fourth-order valence-corrected chi connectivity index (χ4v) is 2.70. The van der Waals surface area contributed by atoms with Gasteiger partial charge in [0.05, 0.1) is 18.7 Å². The Balaban J connectivity index is 1.85. The van der Waals surface area contributed by atoms with Gasteiger partial charge in [-0.2, -0.15) is 0 Å². The van der Waals surface area contributed by atoms with Crippen LogP contribution >= 0.6 is 0 Å². The summed E-state index contributed by atoms with van der Waals surface area (Å²) in [6, 6.07) is 4.96. The van der Waals surface area contributed by atoms with E-state index in [9.17, 15) is 9.59 Å². The molecule has 1 aliphatic heterocycles. The fraction of sp³-hybridized carbons (Fsp3) is 0.333. The Kier molecular flexibility index (Phi) is 3.86. The predicted molar refractivity (Wildman–Crippen MR) is 78.7 cm³/mol. The van der Waals surface area contributed by atoms with E-state index in [1.807, 2.05) is 0 Å². The van der Waals surface area contributed by atoms with Gasteiger partial charge in [-0.3, -0.25) is 4.79 Å². The molecular weight excluding hydrogens is 284 g/mol. The van der Waals surface area contributed by atoms with Crippen LogP contribution in [0.2, 0.25) is 0 Å². The fourth-order valence-electron chi connectivity index (χ4n) is 2.70. The van der Waals surface area contributed by atoms with Crippen LogP contribution in [0.3, 0.4) is 0 Å². The lowest BCUT2D eigenvalue weighted by Crippen LogP contribution is -2.32. The van der Waals surface area contributed by atoms with Crippen molar-refractivity contribution in [3.8, 4) is 5.88 Å². The van der Waals surface area contributed by atoms with Crippen molar-refractivity contribution in [3.63, 3.8) is 0 Å². The first kappa shape index (κ1) is 14.2.